The molecule has 0 saturated carbocycles. The molecule has 0 aromatic heterocycles. The molecular weight excluding hydrogens is 212 g/mol. The number of nitrogens with zero attached hydrogens (tertiary/aromatic N) is 1. The van der Waals surface area contributed by atoms with Gasteiger partial charge in [-0.25, -0.2) is 0 Å². The van der Waals surface area contributed by atoms with Crippen LogP contribution in [0, 0.1) is 0 Å². The van der Waals surface area contributed by atoms with Crippen LogP contribution in [0.1, 0.15) is 10.4 Å². The molecule has 0 radical (unpaired) electrons. The second-order valence-electron chi connectivity index (χ2n) is 3.41. The van der Waals surface area contributed by atoms with Gasteiger partial charge in [0, 0.05) is 0 Å². The molecule has 1 atom stereocenters. The molecule has 3 rings (SSSR count). The lowest BCUT2D eigenvalue weighted by molar-refractivity contribution is 0.0843. The highest BCUT2D eigenvalue weighted by atomic mass is 32.2. The molecule has 0 aliphatic carbocycles. The van der Waals surface area contributed by atoms with Crippen molar-refractivity contribution in [2.75, 3.05) is 6.61 Å². The number of carbonyl (C=O) groups excluding carboxylic acids is 1. The normalized spacial score (nSPS) is 27.3. The Morgan fingerprint density at radius 2 is 2.33 bits per heavy atom. The number of fused-ring (bicyclic) bond motifs is 1. The van der Waals surface area contributed by atoms with Crippen LogP contribution in [0.25, 0.3) is 0 Å². The van der Waals surface area contributed by atoms with Gasteiger partial charge in [0.05, 0.1) is 11.1 Å². The minimum Gasteiger partial charge on any atom is -0.489 e. The van der Waals surface area contributed by atoms with Crippen LogP contribution in [-0.2, 0) is 0 Å². The Morgan fingerprint density at radius 1 is 1.47 bits per heavy atom. The molecule has 2 heterocycles. The molecule has 2 aliphatic heterocycles. The standard InChI is InChI=1S/C10H8N2O2S/c13-9-7-3-1-2-4-8(7)14-5-10(9)12-11-6-15-10/h1-4,6,12H,5H2. The molecular formula is C10H8N2O2S. The van der Waals surface area contributed by atoms with Crippen LogP contribution in [0.3, 0.4) is 0 Å². The molecule has 15 heavy (non-hydrogen) atoms. The Hall–Kier alpha value is -1.49. The van der Waals surface area contributed by atoms with Gasteiger partial charge >= 0.3 is 0 Å². The first kappa shape index (κ1) is 8.79. The summed E-state index contributed by atoms with van der Waals surface area (Å²) in [6.45, 7) is 0.313. The van der Waals surface area contributed by atoms with Crippen LogP contribution in [0.4, 0.5) is 0 Å². The third kappa shape index (κ3) is 1.16. The Bertz CT molecular complexity index is 450. The van der Waals surface area contributed by atoms with Crippen molar-refractivity contribution in [1.29, 1.82) is 0 Å². The summed E-state index contributed by atoms with van der Waals surface area (Å²) in [5, 5.41) is 3.87. The fourth-order valence-electron chi connectivity index (χ4n) is 1.69. The van der Waals surface area contributed by atoms with Crippen molar-refractivity contribution in [2.45, 2.75) is 4.87 Å². The first-order valence-corrected chi connectivity index (χ1v) is 5.43. The average molecular weight is 220 g/mol. The second-order valence-corrected chi connectivity index (χ2v) is 4.55. The zero-order valence-electron chi connectivity index (χ0n) is 7.77. The number of hydrogen-bond acceptors (Lipinski definition) is 5. The van der Waals surface area contributed by atoms with Gasteiger partial charge in [-0.3, -0.25) is 10.2 Å². The molecule has 4 nitrogen and oxygen atoms in total. The van der Waals surface area contributed by atoms with E-state index < -0.39 is 4.87 Å². The van der Waals surface area contributed by atoms with E-state index in [0.29, 0.717) is 17.9 Å². The fraction of sp³-hybridized carbons (Fsp3) is 0.200. The molecule has 0 amide bonds. The monoisotopic (exact) mass is 220 g/mol. The Morgan fingerprint density at radius 3 is 3.13 bits per heavy atom. The number of carbonyl (C=O) groups is 1. The van der Waals surface area contributed by atoms with Crippen molar-refractivity contribution >= 4 is 23.1 Å². The zero-order chi connectivity index (χ0) is 10.3. The molecule has 1 aromatic rings. The van der Waals surface area contributed by atoms with Gasteiger partial charge in [0.15, 0.2) is 0 Å². The van der Waals surface area contributed by atoms with Gasteiger partial charge in [0.25, 0.3) is 0 Å². The molecule has 1 spiro atoms. The van der Waals surface area contributed by atoms with Crippen molar-refractivity contribution in [2.24, 2.45) is 5.10 Å². The predicted molar refractivity (Wildman–Crippen MR) is 58.2 cm³/mol. The number of ether oxygens (including phenoxy) is 1. The number of hydrogen-bond donors (Lipinski definition) is 1. The van der Waals surface area contributed by atoms with Gasteiger partial charge in [-0.1, -0.05) is 23.9 Å². The van der Waals surface area contributed by atoms with E-state index in [-0.39, 0.29) is 5.78 Å². The van der Waals surface area contributed by atoms with Crippen LogP contribution in [0.2, 0.25) is 0 Å². The minimum atomic E-state index is -0.742. The van der Waals surface area contributed by atoms with E-state index in [9.17, 15) is 4.79 Å². The highest BCUT2D eigenvalue weighted by Crippen LogP contribution is 2.36. The summed E-state index contributed by atoms with van der Waals surface area (Å²) in [6.07, 6.45) is 0. The first-order chi connectivity index (χ1) is 7.32. The number of para-hydroxylation sites is 1. The molecule has 1 N–H and O–H groups in total. The number of rotatable bonds is 0. The van der Waals surface area contributed by atoms with E-state index in [0.717, 1.165) is 0 Å². The Balaban J connectivity index is 2.06. The summed E-state index contributed by atoms with van der Waals surface area (Å²) in [7, 11) is 0. The Kier molecular flexibility index (Phi) is 1.76. The van der Waals surface area contributed by atoms with Gasteiger partial charge in [-0.2, -0.15) is 5.10 Å². The quantitative estimate of drug-likeness (QED) is 0.714. The topological polar surface area (TPSA) is 50.7 Å². The highest BCUT2D eigenvalue weighted by molar-refractivity contribution is 8.14. The predicted octanol–water partition coefficient (Wildman–Crippen LogP) is 1.24. The lowest BCUT2D eigenvalue weighted by atomic mass is 10.0. The summed E-state index contributed by atoms with van der Waals surface area (Å²) in [5.74, 6) is 0.689. The maximum Gasteiger partial charge on any atom is 0.207 e. The largest absolute Gasteiger partial charge is 0.489 e. The fourth-order valence-corrected chi connectivity index (χ4v) is 2.42. The number of Topliss-reactive ketones (excluding diaryl/α,β-unsaturated/α-hetero) is 1. The number of ketones is 1. The highest BCUT2D eigenvalue weighted by Gasteiger charge is 2.46. The van der Waals surface area contributed by atoms with E-state index in [2.05, 4.69) is 10.5 Å². The summed E-state index contributed by atoms with van der Waals surface area (Å²) in [6, 6.07) is 7.27. The molecule has 1 unspecified atom stereocenters. The van der Waals surface area contributed by atoms with E-state index in [1.165, 1.54) is 11.8 Å². The first-order valence-electron chi connectivity index (χ1n) is 4.55. The number of nitrogens with one attached hydrogen (secondary N) is 1. The van der Waals surface area contributed by atoms with Gasteiger partial charge in [0.2, 0.25) is 10.7 Å². The van der Waals surface area contributed by atoms with Gasteiger partial charge in [0.1, 0.15) is 12.4 Å². The number of hydrazone groups is 1. The minimum absolute atomic E-state index is 0.0341. The Labute approximate surface area is 90.7 Å². The van der Waals surface area contributed by atoms with Crippen molar-refractivity contribution in [3.63, 3.8) is 0 Å². The lowest BCUT2D eigenvalue weighted by Gasteiger charge is -2.31. The molecule has 0 bridgehead atoms. The third-order valence-electron chi connectivity index (χ3n) is 2.48. The second kappa shape index (κ2) is 3.00. The average Bonchev–Trinajstić information content (AvgIpc) is 2.74. The molecule has 0 fully saturated rings. The molecule has 0 saturated heterocycles. The van der Waals surface area contributed by atoms with Crippen LogP contribution in [0.5, 0.6) is 5.75 Å². The maximum absolute atomic E-state index is 12.2. The molecule has 76 valence electrons. The third-order valence-corrected chi connectivity index (χ3v) is 3.49. The smallest absolute Gasteiger partial charge is 0.207 e. The number of benzene rings is 1. The lowest BCUT2D eigenvalue weighted by Crippen LogP contribution is -2.51. The molecule has 5 heteroatoms. The summed E-state index contributed by atoms with van der Waals surface area (Å²) in [5.41, 5.74) is 5.07. The van der Waals surface area contributed by atoms with Crippen molar-refractivity contribution in [1.82, 2.24) is 5.43 Å². The number of thioether (sulfide) groups is 1. The van der Waals surface area contributed by atoms with E-state index in [4.69, 9.17) is 4.74 Å². The summed E-state index contributed by atoms with van der Waals surface area (Å²) in [4.78, 5) is 11.5. The van der Waals surface area contributed by atoms with Gasteiger partial charge in [-0.15, -0.1) is 0 Å². The van der Waals surface area contributed by atoms with E-state index in [1.807, 2.05) is 12.1 Å². The maximum atomic E-state index is 12.2. The van der Waals surface area contributed by atoms with Crippen molar-refractivity contribution in [3.8, 4) is 5.75 Å². The summed E-state index contributed by atoms with van der Waals surface area (Å²) >= 11 is 1.36. The van der Waals surface area contributed by atoms with Crippen molar-refractivity contribution in [3.05, 3.63) is 29.8 Å². The molecule has 1 aromatic carbocycles. The van der Waals surface area contributed by atoms with Crippen LogP contribution in [0.15, 0.2) is 29.4 Å². The van der Waals surface area contributed by atoms with Gasteiger partial charge in [-0.05, 0) is 12.1 Å². The van der Waals surface area contributed by atoms with Gasteiger partial charge < -0.3 is 4.74 Å². The molecule has 2 aliphatic rings. The van der Waals surface area contributed by atoms with Crippen LogP contribution >= 0.6 is 11.8 Å². The van der Waals surface area contributed by atoms with E-state index >= 15 is 0 Å². The van der Waals surface area contributed by atoms with E-state index in [1.54, 1.807) is 17.7 Å². The van der Waals surface area contributed by atoms with Crippen LogP contribution in [-0.4, -0.2) is 22.8 Å². The summed E-state index contributed by atoms with van der Waals surface area (Å²) < 4.78 is 5.55. The van der Waals surface area contributed by atoms with Crippen molar-refractivity contribution < 1.29 is 9.53 Å². The van der Waals surface area contributed by atoms with Crippen LogP contribution < -0.4 is 10.2 Å². The SMILES string of the molecule is O=C1c2ccccc2OCC12NN=CS2. The zero-order valence-corrected chi connectivity index (χ0v) is 8.58.